The Morgan fingerprint density at radius 1 is 1.48 bits per heavy atom. The molecule has 0 saturated heterocycles. The molecule has 0 unspecified atom stereocenters. The molecule has 2 heterocycles. The predicted octanol–water partition coefficient (Wildman–Crippen LogP) is 3.58. The number of nitrogen functional groups attached to an aromatic ring is 1. The number of anilines is 2. The fraction of sp³-hybridized carbons (Fsp3) is 0.400. The summed E-state index contributed by atoms with van der Waals surface area (Å²) >= 11 is 3.22. The summed E-state index contributed by atoms with van der Waals surface area (Å²) < 4.78 is 0. The molecule has 1 fully saturated rings. The summed E-state index contributed by atoms with van der Waals surface area (Å²) in [4.78, 5) is 15.8. The van der Waals surface area contributed by atoms with Crippen molar-refractivity contribution in [3.63, 3.8) is 0 Å². The molecule has 1 amide bonds. The first-order valence-electron chi connectivity index (χ1n) is 6.98. The zero-order chi connectivity index (χ0) is 15.0. The Bertz CT molecular complexity index is 642. The summed E-state index contributed by atoms with van der Waals surface area (Å²) in [7, 11) is 3.52. The minimum atomic E-state index is -0.0106. The normalized spacial score (nSPS) is 14.2. The fourth-order valence-electron chi connectivity index (χ4n) is 2.31. The van der Waals surface area contributed by atoms with Crippen LogP contribution in [0.2, 0.25) is 0 Å². The lowest BCUT2D eigenvalue weighted by Gasteiger charge is -2.08. The molecule has 0 atom stereocenters. The molecule has 1 aliphatic rings. The van der Waals surface area contributed by atoms with E-state index >= 15 is 0 Å². The van der Waals surface area contributed by atoms with Crippen LogP contribution in [0, 0.1) is 0 Å². The molecular formula is C15H19N3OS2. The minimum absolute atomic E-state index is 0.0106. The van der Waals surface area contributed by atoms with Gasteiger partial charge in [-0.3, -0.25) is 4.79 Å². The van der Waals surface area contributed by atoms with Gasteiger partial charge in [-0.05, 0) is 30.2 Å². The Balaban J connectivity index is 1.87. The molecule has 0 aromatic carbocycles. The van der Waals surface area contributed by atoms with Crippen LogP contribution in [0.5, 0.6) is 0 Å². The largest absolute Gasteiger partial charge is 0.397 e. The molecular weight excluding hydrogens is 302 g/mol. The van der Waals surface area contributed by atoms with E-state index in [0.717, 1.165) is 17.1 Å². The third-order valence-corrected chi connectivity index (χ3v) is 5.62. The van der Waals surface area contributed by atoms with E-state index in [1.54, 1.807) is 30.3 Å². The third-order valence-electron chi connectivity index (χ3n) is 3.57. The van der Waals surface area contributed by atoms with Crippen LogP contribution in [-0.2, 0) is 6.54 Å². The first-order valence-corrected chi connectivity index (χ1v) is 8.67. The molecule has 1 saturated carbocycles. The average molecular weight is 321 g/mol. The van der Waals surface area contributed by atoms with Crippen molar-refractivity contribution < 1.29 is 4.79 Å². The lowest BCUT2D eigenvalue weighted by molar-refractivity contribution is 0.0833. The van der Waals surface area contributed by atoms with Crippen molar-refractivity contribution >= 4 is 39.3 Å². The van der Waals surface area contributed by atoms with Crippen LogP contribution >= 0.6 is 22.7 Å². The van der Waals surface area contributed by atoms with Gasteiger partial charge in [-0.25, -0.2) is 0 Å². The van der Waals surface area contributed by atoms with Gasteiger partial charge in [0.2, 0.25) is 0 Å². The fourth-order valence-corrected chi connectivity index (χ4v) is 4.18. The van der Waals surface area contributed by atoms with Gasteiger partial charge in [-0.1, -0.05) is 6.07 Å². The average Bonchev–Trinajstić information content (AvgIpc) is 3.04. The molecule has 0 spiro atoms. The standard InChI is InChI=1S/C15H19N3OS2/c1-18(2)15(19)13-12(16)11(9-5-6-9)14(21-13)17-8-10-4-3-7-20-10/h3-4,7,9,17H,5-6,8,16H2,1-2H3. The number of thiophene rings is 2. The van der Waals surface area contributed by atoms with Crippen LogP contribution in [0.25, 0.3) is 0 Å². The van der Waals surface area contributed by atoms with Gasteiger partial charge in [-0.2, -0.15) is 0 Å². The van der Waals surface area contributed by atoms with E-state index in [1.165, 1.54) is 29.1 Å². The van der Waals surface area contributed by atoms with Crippen LogP contribution in [0.4, 0.5) is 10.7 Å². The second-order valence-corrected chi connectivity index (χ2v) is 7.55. The van der Waals surface area contributed by atoms with Gasteiger partial charge in [-0.15, -0.1) is 22.7 Å². The van der Waals surface area contributed by atoms with E-state index in [0.29, 0.717) is 16.5 Å². The lowest BCUT2D eigenvalue weighted by atomic mass is 10.1. The molecule has 6 heteroatoms. The van der Waals surface area contributed by atoms with Crippen LogP contribution < -0.4 is 11.1 Å². The molecule has 4 nitrogen and oxygen atoms in total. The number of amides is 1. The Morgan fingerprint density at radius 2 is 2.24 bits per heavy atom. The van der Waals surface area contributed by atoms with Gasteiger partial charge in [0.15, 0.2) is 0 Å². The first kappa shape index (κ1) is 14.4. The highest BCUT2D eigenvalue weighted by molar-refractivity contribution is 7.18. The van der Waals surface area contributed by atoms with Crippen LogP contribution in [-0.4, -0.2) is 24.9 Å². The number of rotatable bonds is 5. The van der Waals surface area contributed by atoms with Crippen molar-refractivity contribution in [3.8, 4) is 0 Å². The number of carbonyl (C=O) groups is 1. The maximum atomic E-state index is 12.2. The quantitative estimate of drug-likeness (QED) is 0.885. The van der Waals surface area contributed by atoms with E-state index in [1.807, 2.05) is 6.07 Å². The van der Waals surface area contributed by atoms with Crippen molar-refractivity contribution in [2.24, 2.45) is 0 Å². The zero-order valence-corrected chi connectivity index (χ0v) is 13.8. The van der Waals surface area contributed by atoms with Gasteiger partial charge in [0.1, 0.15) is 4.88 Å². The predicted molar refractivity (Wildman–Crippen MR) is 90.4 cm³/mol. The molecule has 0 bridgehead atoms. The van der Waals surface area contributed by atoms with E-state index in [4.69, 9.17) is 5.73 Å². The van der Waals surface area contributed by atoms with Crippen molar-refractivity contribution in [1.29, 1.82) is 0 Å². The Hall–Kier alpha value is -1.53. The minimum Gasteiger partial charge on any atom is -0.397 e. The maximum absolute atomic E-state index is 12.2. The van der Waals surface area contributed by atoms with E-state index in [2.05, 4.69) is 16.8 Å². The molecule has 3 N–H and O–H groups in total. The summed E-state index contributed by atoms with van der Waals surface area (Å²) in [5.41, 5.74) is 8.09. The van der Waals surface area contributed by atoms with Crippen molar-refractivity contribution in [2.75, 3.05) is 25.1 Å². The molecule has 2 aromatic rings. The van der Waals surface area contributed by atoms with Crippen LogP contribution in [0.1, 0.15) is 38.9 Å². The summed E-state index contributed by atoms with van der Waals surface area (Å²) in [5.74, 6) is 0.513. The molecule has 3 rings (SSSR count). The third kappa shape index (κ3) is 2.91. The molecule has 112 valence electrons. The van der Waals surface area contributed by atoms with Crippen LogP contribution in [0.15, 0.2) is 17.5 Å². The molecule has 2 aromatic heterocycles. The van der Waals surface area contributed by atoms with E-state index in [9.17, 15) is 4.79 Å². The molecule has 21 heavy (non-hydrogen) atoms. The second-order valence-electron chi connectivity index (χ2n) is 5.49. The topological polar surface area (TPSA) is 58.4 Å². The van der Waals surface area contributed by atoms with E-state index < -0.39 is 0 Å². The van der Waals surface area contributed by atoms with Gasteiger partial charge in [0.05, 0.1) is 17.2 Å². The van der Waals surface area contributed by atoms with Crippen molar-refractivity contribution in [1.82, 2.24) is 4.90 Å². The maximum Gasteiger partial charge on any atom is 0.265 e. The summed E-state index contributed by atoms with van der Waals surface area (Å²) in [6.45, 7) is 0.785. The monoisotopic (exact) mass is 321 g/mol. The summed E-state index contributed by atoms with van der Waals surface area (Å²) in [5, 5.41) is 6.61. The van der Waals surface area contributed by atoms with Gasteiger partial charge >= 0.3 is 0 Å². The smallest absolute Gasteiger partial charge is 0.265 e. The van der Waals surface area contributed by atoms with E-state index in [-0.39, 0.29) is 5.91 Å². The number of carbonyl (C=O) groups excluding carboxylic acids is 1. The molecule has 1 aliphatic carbocycles. The highest BCUT2D eigenvalue weighted by atomic mass is 32.1. The molecule has 0 aliphatic heterocycles. The summed E-state index contributed by atoms with van der Waals surface area (Å²) in [6.07, 6.45) is 2.34. The molecule has 0 radical (unpaired) electrons. The summed E-state index contributed by atoms with van der Waals surface area (Å²) in [6, 6.07) is 4.16. The highest BCUT2D eigenvalue weighted by Crippen LogP contribution is 2.51. The number of nitrogens with zero attached hydrogens (tertiary/aromatic N) is 1. The van der Waals surface area contributed by atoms with Crippen LogP contribution in [0.3, 0.4) is 0 Å². The van der Waals surface area contributed by atoms with Gasteiger partial charge in [0, 0.05) is 24.5 Å². The number of hydrogen-bond acceptors (Lipinski definition) is 5. The second kappa shape index (κ2) is 5.69. The Kier molecular flexibility index (Phi) is 3.91. The van der Waals surface area contributed by atoms with Crippen molar-refractivity contribution in [2.45, 2.75) is 25.3 Å². The number of nitrogens with two attached hydrogens (primary N) is 1. The Morgan fingerprint density at radius 3 is 2.81 bits per heavy atom. The lowest BCUT2D eigenvalue weighted by Crippen LogP contribution is -2.21. The number of hydrogen-bond donors (Lipinski definition) is 2. The zero-order valence-electron chi connectivity index (χ0n) is 12.2. The number of nitrogens with one attached hydrogen (secondary N) is 1. The van der Waals surface area contributed by atoms with Gasteiger partial charge < -0.3 is 16.0 Å². The van der Waals surface area contributed by atoms with Crippen molar-refractivity contribution in [3.05, 3.63) is 32.8 Å². The highest BCUT2D eigenvalue weighted by Gasteiger charge is 2.33. The Labute approximate surface area is 132 Å². The SMILES string of the molecule is CN(C)C(=O)c1sc(NCc2cccs2)c(C2CC2)c1N. The van der Waals surface area contributed by atoms with Gasteiger partial charge in [0.25, 0.3) is 5.91 Å². The first-order chi connectivity index (χ1) is 10.1.